The Bertz CT molecular complexity index is 821. The molecule has 0 spiro atoms. The third-order valence-corrected chi connectivity index (χ3v) is 3.80. The second-order valence-electron chi connectivity index (χ2n) is 6.25. The highest BCUT2D eigenvalue weighted by atomic mass is 16.5. The topological polar surface area (TPSA) is 106 Å². The van der Waals surface area contributed by atoms with Crippen molar-refractivity contribution in [2.75, 3.05) is 6.61 Å². The highest BCUT2D eigenvalue weighted by Crippen LogP contribution is 2.34. The number of carbonyl (C=O) groups excluding carboxylic acids is 1. The fourth-order valence-electron chi connectivity index (χ4n) is 2.67. The molecular weight excluding hydrogens is 352 g/mol. The average molecular weight is 376 g/mol. The van der Waals surface area contributed by atoms with Gasteiger partial charge < -0.3 is 24.1 Å². The Labute approximate surface area is 157 Å². The molecule has 1 heterocycles. The number of hydrogen-bond donors (Lipinski definition) is 2. The molecule has 0 aliphatic heterocycles. The maximum atomic E-state index is 12.1. The van der Waals surface area contributed by atoms with Crippen molar-refractivity contribution in [3.05, 3.63) is 57.6 Å². The summed E-state index contributed by atoms with van der Waals surface area (Å²) >= 11 is 0. The Morgan fingerprint density at radius 3 is 2.44 bits per heavy atom. The maximum Gasteiger partial charge on any atom is 0.306 e. The summed E-state index contributed by atoms with van der Waals surface area (Å²) in [5.41, 5.74) is -0.0541. The van der Waals surface area contributed by atoms with Crippen molar-refractivity contribution in [1.82, 2.24) is 0 Å². The molecule has 0 saturated heterocycles. The first kappa shape index (κ1) is 20.5. The molecule has 0 saturated carbocycles. The molecule has 0 aliphatic carbocycles. The zero-order chi connectivity index (χ0) is 20.0. The summed E-state index contributed by atoms with van der Waals surface area (Å²) < 4.78 is 16.1. The summed E-state index contributed by atoms with van der Waals surface area (Å²) in [4.78, 5) is 24.1. The van der Waals surface area contributed by atoms with Crippen LogP contribution in [0.25, 0.3) is 0 Å². The number of benzene rings is 1. The molecule has 1 aromatic carbocycles. The van der Waals surface area contributed by atoms with E-state index in [1.807, 2.05) is 13.8 Å². The van der Waals surface area contributed by atoms with Crippen molar-refractivity contribution in [2.24, 2.45) is 0 Å². The van der Waals surface area contributed by atoms with Crippen LogP contribution in [0.15, 0.2) is 39.5 Å². The number of hydrogen-bond acceptors (Lipinski definition) is 7. The van der Waals surface area contributed by atoms with Gasteiger partial charge in [0.25, 0.3) is 0 Å². The normalized spacial score (nSPS) is 12.0. The van der Waals surface area contributed by atoms with Crippen molar-refractivity contribution in [2.45, 2.75) is 45.8 Å². The van der Waals surface area contributed by atoms with Crippen LogP contribution in [0.5, 0.6) is 11.5 Å². The fourth-order valence-corrected chi connectivity index (χ4v) is 2.67. The Kier molecular flexibility index (Phi) is 7.01. The summed E-state index contributed by atoms with van der Waals surface area (Å²) in [6.45, 7) is 5.21. The number of aliphatic hydroxyl groups is 1. The van der Waals surface area contributed by atoms with Crippen LogP contribution in [0.2, 0.25) is 0 Å². The number of ether oxygens (including phenoxy) is 2. The van der Waals surface area contributed by atoms with Crippen LogP contribution in [-0.4, -0.2) is 28.9 Å². The molecule has 2 rings (SSSR count). The van der Waals surface area contributed by atoms with Crippen LogP contribution in [0, 0.1) is 0 Å². The van der Waals surface area contributed by atoms with Gasteiger partial charge in [0.15, 0.2) is 5.76 Å². The molecular formula is C20H24O7. The lowest BCUT2D eigenvalue weighted by atomic mass is 9.92. The summed E-state index contributed by atoms with van der Waals surface area (Å²) in [6.07, 6.45) is -0.127. The van der Waals surface area contributed by atoms with E-state index in [0.717, 1.165) is 6.07 Å². The smallest absolute Gasteiger partial charge is 0.306 e. The second-order valence-corrected chi connectivity index (χ2v) is 6.25. The minimum absolute atomic E-state index is 0.00131. The van der Waals surface area contributed by atoms with Gasteiger partial charge in [0.1, 0.15) is 18.1 Å². The van der Waals surface area contributed by atoms with Gasteiger partial charge in [-0.15, -0.1) is 0 Å². The molecule has 1 atom stereocenters. The minimum Gasteiger partial charge on any atom is -0.502 e. The first-order chi connectivity index (χ1) is 12.8. The van der Waals surface area contributed by atoms with E-state index >= 15 is 0 Å². The van der Waals surface area contributed by atoms with Gasteiger partial charge in [-0.1, -0.05) is 12.1 Å². The molecule has 2 aromatic rings. The van der Waals surface area contributed by atoms with E-state index in [9.17, 15) is 19.8 Å². The molecule has 0 bridgehead atoms. The Balaban J connectivity index is 2.47. The Morgan fingerprint density at radius 2 is 1.89 bits per heavy atom. The molecule has 7 nitrogen and oxygen atoms in total. The largest absolute Gasteiger partial charge is 0.502 e. The lowest BCUT2D eigenvalue weighted by Gasteiger charge is -2.18. The summed E-state index contributed by atoms with van der Waals surface area (Å²) in [6, 6.07) is 7.94. The third-order valence-electron chi connectivity index (χ3n) is 3.80. The number of esters is 1. The monoisotopic (exact) mass is 376 g/mol. The van der Waals surface area contributed by atoms with E-state index < -0.39 is 29.7 Å². The highest BCUT2D eigenvalue weighted by molar-refractivity contribution is 5.71. The highest BCUT2D eigenvalue weighted by Gasteiger charge is 2.26. The lowest BCUT2D eigenvalue weighted by molar-refractivity contribution is -0.143. The van der Waals surface area contributed by atoms with Crippen LogP contribution < -0.4 is 10.2 Å². The van der Waals surface area contributed by atoms with Crippen molar-refractivity contribution in [3.8, 4) is 11.5 Å². The van der Waals surface area contributed by atoms with Crippen molar-refractivity contribution >= 4 is 5.97 Å². The van der Waals surface area contributed by atoms with Crippen LogP contribution >= 0.6 is 0 Å². The molecule has 0 amide bonds. The molecule has 1 aromatic heterocycles. The van der Waals surface area contributed by atoms with Crippen molar-refractivity contribution < 1.29 is 28.9 Å². The minimum atomic E-state index is -0.753. The van der Waals surface area contributed by atoms with Gasteiger partial charge in [-0.2, -0.15) is 0 Å². The Morgan fingerprint density at radius 1 is 1.22 bits per heavy atom. The quantitative estimate of drug-likeness (QED) is 0.682. The predicted molar refractivity (Wildman–Crippen MR) is 97.9 cm³/mol. The van der Waals surface area contributed by atoms with E-state index in [1.54, 1.807) is 31.2 Å². The summed E-state index contributed by atoms with van der Waals surface area (Å²) in [5.74, 6) is -1.28. The zero-order valence-corrected chi connectivity index (χ0v) is 15.6. The SMILES string of the molecule is CCOC(=O)C[C@H](c1ccc(OC(C)C)cc1)c1oc(CO)cc(=O)c1O. The molecule has 27 heavy (non-hydrogen) atoms. The van der Waals surface area contributed by atoms with Crippen molar-refractivity contribution in [3.63, 3.8) is 0 Å². The standard InChI is InChI=1S/C20H24O7/c1-4-25-18(23)10-16(13-5-7-14(8-6-13)26-12(2)3)20-19(24)17(22)9-15(11-21)27-20/h5-9,12,16,21,24H,4,10-11H2,1-3H3/t16-/m1/s1. The van der Waals surface area contributed by atoms with Gasteiger partial charge in [-0.25, -0.2) is 0 Å². The van der Waals surface area contributed by atoms with Crippen LogP contribution in [-0.2, 0) is 16.1 Å². The number of carbonyl (C=O) groups is 1. The van der Waals surface area contributed by atoms with E-state index in [-0.39, 0.29) is 30.7 Å². The molecule has 0 radical (unpaired) electrons. The third kappa shape index (κ3) is 5.34. The van der Waals surface area contributed by atoms with Gasteiger partial charge in [0.05, 0.1) is 25.0 Å². The van der Waals surface area contributed by atoms with Gasteiger partial charge in [-0.3, -0.25) is 9.59 Å². The molecule has 7 heteroatoms. The fraction of sp³-hybridized carbons (Fsp3) is 0.400. The molecule has 0 aliphatic rings. The lowest BCUT2D eigenvalue weighted by Crippen LogP contribution is -2.15. The maximum absolute atomic E-state index is 12.1. The van der Waals surface area contributed by atoms with E-state index in [1.165, 1.54) is 0 Å². The molecule has 0 fully saturated rings. The second kappa shape index (κ2) is 9.23. The van der Waals surface area contributed by atoms with Gasteiger partial charge in [0.2, 0.25) is 11.2 Å². The first-order valence-corrected chi connectivity index (χ1v) is 8.74. The molecule has 0 unspecified atom stereocenters. The first-order valence-electron chi connectivity index (χ1n) is 8.74. The number of rotatable bonds is 8. The van der Waals surface area contributed by atoms with Gasteiger partial charge >= 0.3 is 5.97 Å². The number of aliphatic hydroxyl groups excluding tert-OH is 1. The van der Waals surface area contributed by atoms with Crippen LogP contribution in [0.3, 0.4) is 0 Å². The van der Waals surface area contributed by atoms with E-state index in [4.69, 9.17) is 13.9 Å². The average Bonchev–Trinajstić information content (AvgIpc) is 2.62. The Hall–Kier alpha value is -2.80. The van der Waals surface area contributed by atoms with Gasteiger partial charge in [0, 0.05) is 6.07 Å². The number of aromatic hydroxyl groups is 1. The molecule has 146 valence electrons. The zero-order valence-electron chi connectivity index (χ0n) is 15.6. The van der Waals surface area contributed by atoms with Gasteiger partial charge in [-0.05, 0) is 38.5 Å². The summed E-state index contributed by atoms with van der Waals surface area (Å²) in [7, 11) is 0. The van der Waals surface area contributed by atoms with E-state index in [2.05, 4.69) is 0 Å². The van der Waals surface area contributed by atoms with E-state index in [0.29, 0.717) is 11.3 Å². The predicted octanol–water partition coefficient (Wildman–Crippen LogP) is 2.71. The van der Waals surface area contributed by atoms with Crippen LogP contribution in [0.1, 0.15) is 50.2 Å². The molecule has 2 N–H and O–H groups in total. The summed E-state index contributed by atoms with van der Waals surface area (Å²) in [5, 5.41) is 19.5. The van der Waals surface area contributed by atoms with Crippen molar-refractivity contribution in [1.29, 1.82) is 0 Å². The van der Waals surface area contributed by atoms with Crippen LogP contribution in [0.4, 0.5) is 0 Å².